The van der Waals surface area contributed by atoms with Gasteiger partial charge in [0.15, 0.2) is 5.06 Å². The Morgan fingerprint density at radius 1 is 1.16 bits per heavy atom. The minimum atomic E-state index is -0.0851. The van der Waals surface area contributed by atoms with Gasteiger partial charge in [0.2, 0.25) is 5.91 Å². The number of rotatable bonds is 10. The fourth-order valence-corrected chi connectivity index (χ4v) is 3.52. The first-order valence-electron chi connectivity index (χ1n) is 10.1. The van der Waals surface area contributed by atoms with Crippen LogP contribution in [0.2, 0.25) is 0 Å². The third-order valence-electron chi connectivity index (χ3n) is 4.48. The van der Waals surface area contributed by atoms with Gasteiger partial charge in [0, 0.05) is 30.9 Å². The van der Waals surface area contributed by atoms with Crippen LogP contribution >= 0.6 is 11.3 Å². The van der Waals surface area contributed by atoms with Crippen LogP contribution in [-0.4, -0.2) is 40.1 Å². The maximum atomic E-state index is 11.1. The second-order valence-corrected chi connectivity index (χ2v) is 8.48. The monoisotopic (exact) mass is 440 g/mol. The van der Waals surface area contributed by atoms with Crippen molar-refractivity contribution >= 4 is 17.2 Å². The molecule has 0 radical (unpaired) electrons. The number of hydrogen-bond acceptors (Lipinski definition) is 8. The Bertz CT molecular complexity index is 1020. The SMILES string of the molecule is CC(=O)NC(C)COc1cnc(-c2cnc(Oc3cccc(OCC4CC4)c3)nc2)s1. The lowest BCUT2D eigenvalue weighted by molar-refractivity contribution is -0.119. The molecule has 0 spiro atoms. The highest BCUT2D eigenvalue weighted by molar-refractivity contribution is 7.16. The fraction of sp³-hybridized carbons (Fsp3) is 0.364. The molecule has 2 aromatic heterocycles. The molecule has 0 saturated heterocycles. The summed E-state index contributed by atoms with van der Waals surface area (Å²) >= 11 is 1.39. The van der Waals surface area contributed by atoms with E-state index >= 15 is 0 Å². The quantitative estimate of drug-likeness (QED) is 0.507. The van der Waals surface area contributed by atoms with Crippen molar-refractivity contribution in [2.24, 2.45) is 5.92 Å². The van der Waals surface area contributed by atoms with Gasteiger partial charge < -0.3 is 19.5 Å². The van der Waals surface area contributed by atoms with Gasteiger partial charge in [0.1, 0.15) is 23.1 Å². The van der Waals surface area contributed by atoms with Crippen molar-refractivity contribution in [3.63, 3.8) is 0 Å². The first kappa shape index (κ1) is 21.0. The molecule has 0 bridgehead atoms. The Kier molecular flexibility index (Phi) is 6.61. The molecule has 1 aliphatic carbocycles. The van der Waals surface area contributed by atoms with Crippen molar-refractivity contribution in [3.05, 3.63) is 42.9 Å². The smallest absolute Gasteiger partial charge is 0.321 e. The van der Waals surface area contributed by atoms with E-state index < -0.39 is 0 Å². The van der Waals surface area contributed by atoms with E-state index in [2.05, 4.69) is 20.3 Å². The maximum Gasteiger partial charge on any atom is 0.321 e. The van der Waals surface area contributed by atoms with E-state index in [1.165, 1.54) is 31.1 Å². The summed E-state index contributed by atoms with van der Waals surface area (Å²) in [7, 11) is 0. The Balaban J connectivity index is 1.32. The summed E-state index contributed by atoms with van der Waals surface area (Å²) in [6, 6.07) is 7.65. The summed E-state index contributed by atoms with van der Waals surface area (Å²) in [5.74, 6) is 2.01. The highest BCUT2D eigenvalue weighted by atomic mass is 32.1. The predicted octanol–water partition coefficient (Wildman–Crippen LogP) is 4.08. The van der Waals surface area contributed by atoms with E-state index in [9.17, 15) is 4.79 Å². The lowest BCUT2D eigenvalue weighted by atomic mass is 10.3. The molecule has 1 saturated carbocycles. The summed E-state index contributed by atoms with van der Waals surface area (Å²) < 4.78 is 17.2. The van der Waals surface area contributed by atoms with Crippen molar-refractivity contribution in [2.75, 3.05) is 13.2 Å². The molecule has 3 aromatic rings. The number of nitrogens with zero attached hydrogens (tertiary/aromatic N) is 3. The average Bonchev–Trinajstić information content (AvgIpc) is 3.47. The van der Waals surface area contributed by atoms with Crippen LogP contribution in [0.3, 0.4) is 0 Å². The lowest BCUT2D eigenvalue weighted by Crippen LogP contribution is -2.35. The van der Waals surface area contributed by atoms with Crippen LogP contribution in [0.5, 0.6) is 22.6 Å². The zero-order chi connectivity index (χ0) is 21.6. The Labute approximate surface area is 184 Å². The summed E-state index contributed by atoms with van der Waals surface area (Å²) in [5, 5.41) is 4.18. The molecule has 1 atom stereocenters. The van der Waals surface area contributed by atoms with E-state index in [1.807, 2.05) is 31.2 Å². The second-order valence-electron chi connectivity index (χ2n) is 7.48. The first-order chi connectivity index (χ1) is 15.0. The van der Waals surface area contributed by atoms with Gasteiger partial charge in [-0.05, 0) is 37.8 Å². The molecule has 1 N–H and O–H groups in total. The first-order valence-corrected chi connectivity index (χ1v) is 11.0. The molecule has 9 heteroatoms. The molecule has 4 rings (SSSR count). The van der Waals surface area contributed by atoms with Gasteiger partial charge in [-0.3, -0.25) is 4.79 Å². The number of carbonyl (C=O) groups is 1. The van der Waals surface area contributed by atoms with E-state index in [-0.39, 0.29) is 18.0 Å². The van der Waals surface area contributed by atoms with Crippen LogP contribution in [-0.2, 0) is 4.79 Å². The van der Waals surface area contributed by atoms with Gasteiger partial charge in [0.25, 0.3) is 0 Å². The molecule has 1 unspecified atom stereocenters. The highest BCUT2D eigenvalue weighted by Gasteiger charge is 2.22. The zero-order valence-corrected chi connectivity index (χ0v) is 18.2. The molecular weight excluding hydrogens is 416 g/mol. The van der Waals surface area contributed by atoms with Crippen LogP contribution in [0.1, 0.15) is 26.7 Å². The highest BCUT2D eigenvalue weighted by Crippen LogP contribution is 2.32. The third-order valence-corrected chi connectivity index (χ3v) is 5.44. The normalized spacial score (nSPS) is 14.0. The number of aromatic nitrogens is 3. The van der Waals surface area contributed by atoms with Crippen LogP contribution in [0.25, 0.3) is 10.6 Å². The Hall–Kier alpha value is -3.20. The van der Waals surface area contributed by atoms with Gasteiger partial charge in [-0.1, -0.05) is 17.4 Å². The molecule has 0 aliphatic heterocycles. The van der Waals surface area contributed by atoms with E-state index in [0.29, 0.717) is 23.3 Å². The van der Waals surface area contributed by atoms with Crippen LogP contribution < -0.4 is 19.5 Å². The van der Waals surface area contributed by atoms with Crippen molar-refractivity contribution in [1.29, 1.82) is 0 Å². The summed E-state index contributed by atoms with van der Waals surface area (Å²) in [4.78, 5) is 24.0. The maximum absolute atomic E-state index is 11.1. The minimum Gasteiger partial charge on any atom is -0.493 e. The van der Waals surface area contributed by atoms with Gasteiger partial charge in [0.05, 0.1) is 18.8 Å². The number of benzene rings is 1. The number of thiazole rings is 1. The summed E-state index contributed by atoms with van der Waals surface area (Å²) in [6.07, 6.45) is 7.48. The average molecular weight is 441 g/mol. The fourth-order valence-electron chi connectivity index (χ4n) is 2.77. The van der Waals surface area contributed by atoms with Crippen molar-refractivity contribution in [1.82, 2.24) is 20.3 Å². The Morgan fingerprint density at radius 3 is 2.68 bits per heavy atom. The van der Waals surface area contributed by atoms with Crippen LogP contribution in [0.15, 0.2) is 42.9 Å². The minimum absolute atomic E-state index is 0.0829. The number of nitrogens with one attached hydrogen (secondary N) is 1. The number of ether oxygens (including phenoxy) is 3. The summed E-state index contributed by atoms with van der Waals surface area (Å²) in [6.45, 7) is 4.48. The molecule has 162 valence electrons. The molecule has 8 nitrogen and oxygen atoms in total. The van der Waals surface area contributed by atoms with Crippen molar-refractivity contribution in [3.8, 4) is 33.1 Å². The standard InChI is InChI=1S/C22H24N4O4S/c1-14(26-15(2)27)12-29-20-11-23-21(31-20)17-9-24-22(25-10-17)30-19-5-3-4-18(8-19)28-13-16-6-7-16/h3-5,8-11,14,16H,6-7,12-13H2,1-2H3,(H,26,27). The Morgan fingerprint density at radius 2 is 1.94 bits per heavy atom. The number of amides is 1. The lowest BCUT2D eigenvalue weighted by Gasteiger charge is -2.11. The van der Waals surface area contributed by atoms with E-state index in [1.54, 1.807) is 18.6 Å². The molecular formula is C22H24N4O4S. The molecule has 31 heavy (non-hydrogen) atoms. The molecule has 1 aliphatic rings. The van der Waals surface area contributed by atoms with Gasteiger partial charge in [-0.15, -0.1) is 0 Å². The molecule has 1 amide bonds. The molecule has 1 aromatic carbocycles. The van der Waals surface area contributed by atoms with Crippen LogP contribution in [0, 0.1) is 5.92 Å². The number of carbonyl (C=O) groups excluding carboxylic acids is 1. The van der Waals surface area contributed by atoms with Gasteiger partial charge >= 0.3 is 6.01 Å². The summed E-state index contributed by atoms with van der Waals surface area (Å²) in [5.41, 5.74) is 0.767. The molecule has 1 fully saturated rings. The number of hydrogen-bond donors (Lipinski definition) is 1. The van der Waals surface area contributed by atoms with Gasteiger partial charge in [-0.25, -0.2) is 15.0 Å². The van der Waals surface area contributed by atoms with Crippen LogP contribution in [0.4, 0.5) is 0 Å². The molecule has 2 heterocycles. The topological polar surface area (TPSA) is 95.5 Å². The third kappa shape index (κ3) is 6.39. The second kappa shape index (κ2) is 9.74. The van der Waals surface area contributed by atoms with E-state index in [4.69, 9.17) is 14.2 Å². The largest absolute Gasteiger partial charge is 0.493 e. The predicted molar refractivity (Wildman–Crippen MR) is 117 cm³/mol. The van der Waals surface area contributed by atoms with Gasteiger partial charge in [-0.2, -0.15) is 0 Å². The van der Waals surface area contributed by atoms with Crippen molar-refractivity contribution in [2.45, 2.75) is 32.7 Å². The van der Waals surface area contributed by atoms with Crippen molar-refractivity contribution < 1.29 is 19.0 Å². The zero-order valence-electron chi connectivity index (χ0n) is 17.4. The van der Waals surface area contributed by atoms with E-state index in [0.717, 1.165) is 22.9 Å².